The Morgan fingerprint density at radius 2 is 1.87 bits per heavy atom. The number of carboxylic acids is 1. The van der Waals surface area contributed by atoms with E-state index in [1.165, 1.54) is 5.56 Å². The van der Waals surface area contributed by atoms with Crippen molar-refractivity contribution in [3.63, 3.8) is 0 Å². The number of carbonyl (C=O) groups excluding carboxylic acids is 1. The molecule has 2 rings (SSSR count). The lowest BCUT2D eigenvalue weighted by molar-refractivity contribution is -0.140. The van der Waals surface area contributed by atoms with E-state index in [1.807, 2.05) is 50.2 Å². The third kappa shape index (κ3) is 4.00. The third-order valence-corrected chi connectivity index (χ3v) is 3.99. The minimum absolute atomic E-state index is 0.122. The Morgan fingerprint density at radius 3 is 2.48 bits per heavy atom. The van der Waals surface area contributed by atoms with Crippen LogP contribution in [-0.4, -0.2) is 28.1 Å². The third-order valence-electron chi connectivity index (χ3n) is 3.99. The summed E-state index contributed by atoms with van der Waals surface area (Å²) in [6, 6.07) is 11.9. The largest absolute Gasteiger partial charge is 0.481 e. The Hall–Kier alpha value is -2.56. The van der Waals surface area contributed by atoms with Crippen molar-refractivity contribution in [2.24, 2.45) is 5.92 Å². The van der Waals surface area contributed by atoms with Gasteiger partial charge in [-0.05, 0) is 25.5 Å². The van der Waals surface area contributed by atoms with Crippen LogP contribution in [0.5, 0.6) is 0 Å². The van der Waals surface area contributed by atoms with Crippen LogP contribution in [0.3, 0.4) is 0 Å². The molecule has 2 N–H and O–H groups in total. The fraction of sp³-hybridized carbons (Fsp3) is 0.333. The van der Waals surface area contributed by atoms with Gasteiger partial charge in [0.1, 0.15) is 0 Å². The highest BCUT2D eigenvalue weighted by molar-refractivity contribution is 5.95. The molecule has 0 fully saturated rings. The SMILES string of the molecule is Cc1cc(C(=O)NCC(C)C(=O)O)c(C)n1Cc1ccccc1. The number of nitrogens with zero attached hydrogens (tertiary/aromatic N) is 1. The smallest absolute Gasteiger partial charge is 0.308 e. The zero-order valence-electron chi connectivity index (χ0n) is 13.7. The standard InChI is InChI=1S/C18H22N2O3/c1-12(18(22)23)10-19-17(21)16-9-13(2)20(14(16)3)11-15-7-5-4-6-8-15/h4-9,12H,10-11H2,1-3H3,(H,19,21)(H,22,23). The number of hydrogen-bond donors (Lipinski definition) is 2. The van der Waals surface area contributed by atoms with E-state index in [2.05, 4.69) is 9.88 Å². The van der Waals surface area contributed by atoms with Crippen molar-refractivity contribution in [2.45, 2.75) is 27.3 Å². The lowest BCUT2D eigenvalue weighted by atomic mass is 10.1. The number of aryl methyl sites for hydroxylation is 1. The quantitative estimate of drug-likeness (QED) is 0.861. The van der Waals surface area contributed by atoms with Crippen LogP contribution in [0.4, 0.5) is 0 Å². The fourth-order valence-electron chi connectivity index (χ4n) is 2.47. The molecular formula is C18H22N2O3. The first kappa shape index (κ1) is 16.8. The molecule has 5 nitrogen and oxygen atoms in total. The predicted octanol–water partition coefficient (Wildman–Crippen LogP) is 2.60. The van der Waals surface area contributed by atoms with Gasteiger partial charge in [-0.1, -0.05) is 37.3 Å². The molecule has 0 aliphatic rings. The summed E-state index contributed by atoms with van der Waals surface area (Å²) in [6.45, 7) is 6.27. The minimum atomic E-state index is -0.917. The lowest BCUT2D eigenvalue weighted by Crippen LogP contribution is -2.31. The number of carbonyl (C=O) groups is 2. The van der Waals surface area contributed by atoms with Crippen molar-refractivity contribution >= 4 is 11.9 Å². The normalized spacial score (nSPS) is 12.0. The molecule has 0 spiro atoms. The van der Waals surface area contributed by atoms with Crippen LogP contribution in [0, 0.1) is 19.8 Å². The van der Waals surface area contributed by atoms with Gasteiger partial charge in [0.15, 0.2) is 0 Å². The van der Waals surface area contributed by atoms with E-state index in [0.29, 0.717) is 12.1 Å². The number of aliphatic carboxylic acids is 1. The van der Waals surface area contributed by atoms with E-state index >= 15 is 0 Å². The predicted molar refractivity (Wildman–Crippen MR) is 88.6 cm³/mol. The number of benzene rings is 1. The maximum atomic E-state index is 12.3. The molecule has 2 aromatic rings. The zero-order chi connectivity index (χ0) is 17.0. The van der Waals surface area contributed by atoms with Gasteiger partial charge in [-0.3, -0.25) is 9.59 Å². The van der Waals surface area contributed by atoms with Crippen molar-refractivity contribution in [1.29, 1.82) is 0 Å². The van der Waals surface area contributed by atoms with Gasteiger partial charge in [-0.25, -0.2) is 0 Å². The molecule has 122 valence electrons. The van der Waals surface area contributed by atoms with Crippen LogP contribution in [0.15, 0.2) is 36.4 Å². The Balaban J connectivity index is 2.13. The van der Waals surface area contributed by atoms with Gasteiger partial charge < -0.3 is 15.0 Å². The highest BCUT2D eigenvalue weighted by atomic mass is 16.4. The second-order valence-electron chi connectivity index (χ2n) is 5.81. The summed E-state index contributed by atoms with van der Waals surface area (Å²) in [4.78, 5) is 23.1. The van der Waals surface area contributed by atoms with Crippen molar-refractivity contribution in [1.82, 2.24) is 9.88 Å². The summed E-state index contributed by atoms with van der Waals surface area (Å²) >= 11 is 0. The van der Waals surface area contributed by atoms with Crippen LogP contribution < -0.4 is 5.32 Å². The first-order chi connectivity index (χ1) is 10.9. The van der Waals surface area contributed by atoms with Crippen LogP contribution in [0.1, 0.15) is 34.2 Å². The Labute approximate surface area is 135 Å². The van der Waals surface area contributed by atoms with E-state index < -0.39 is 11.9 Å². The van der Waals surface area contributed by atoms with Crippen molar-refractivity contribution in [3.05, 3.63) is 58.9 Å². The van der Waals surface area contributed by atoms with Crippen LogP contribution in [0.25, 0.3) is 0 Å². The summed E-state index contributed by atoms with van der Waals surface area (Å²) < 4.78 is 2.09. The van der Waals surface area contributed by atoms with Gasteiger partial charge in [0, 0.05) is 24.5 Å². The minimum Gasteiger partial charge on any atom is -0.481 e. The Kier molecular flexibility index (Phi) is 5.21. The molecule has 1 aromatic carbocycles. The number of rotatable bonds is 6. The summed E-state index contributed by atoms with van der Waals surface area (Å²) in [5.74, 6) is -1.75. The fourth-order valence-corrected chi connectivity index (χ4v) is 2.47. The summed E-state index contributed by atoms with van der Waals surface area (Å²) in [6.07, 6.45) is 0. The Morgan fingerprint density at radius 1 is 1.22 bits per heavy atom. The lowest BCUT2D eigenvalue weighted by Gasteiger charge is -2.11. The summed E-state index contributed by atoms with van der Waals surface area (Å²) in [5, 5.41) is 11.6. The van der Waals surface area contributed by atoms with Gasteiger partial charge >= 0.3 is 5.97 Å². The van der Waals surface area contributed by atoms with E-state index in [9.17, 15) is 9.59 Å². The van der Waals surface area contributed by atoms with E-state index in [0.717, 1.165) is 11.4 Å². The average molecular weight is 314 g/mol. The van der Waals surface area contributed by atoms with E-state index in [1.54, 1.807) is 6.92 Å². The van der Waals surface area contributed by atoms with Gasteiger partial charge in [0.2, 0.25) is 0 Å². The van der Waals surface area contributed by atoms with Crippen LogP contribution >= 0.6 is 0 Å². The highest BCUT2D eigenvalue weighted by Crippen LogP contribution is 2.17. The molecule has 0 saturated carbocycles. The van der Waals surface area contributed by atoms with Crippen LogP contribution in [-0.2, 0) is 11.3 Å². The molecule has 1 amide bonds. The molecule has 0 saturated heterocycles. The number of amides is 1. The van der Waals surface area contributed by atoms with Gasteiger partial charge in [-0.15, -0.1) is 0 Å². The van der Waals surface area contributed by atoms with E-state index in [-0.39, 0.29) is 12.5 Å². The van der Waals surface area contributed by atoms with Gasteiger partial charge in [0.25, 0.3) is 5.91 Å². The Bertz CT molecular complexity index is 705. The maximum Gasteiger partial charge on any atom is 0.308 e. The molecule has 0 bridgehead atoms. The summed E-state index contributed by atoms with van der Waals surface area (Å²) in [7, 11) is 0. The molecule has 5 heteroatoms. The van der Waals surface area contributed by atoms with Crippen molar-refractivity contribution in [3.8, 4) is 0 Å². The van der Waals surface area contributed by atoms with Crippen molar-refractivity contribution in [2.75, 3.05) is 6.54 Å². The molecule has 0 aliphatic carbocycles. The molecule has 1 atom stereocenters. The molecular weight excluding hydrogens is 292 g/mol. The van der Waals surface area contributed by atoms with Gasteiger partial charge in [-0.2, -0.15) is 0 Å². The molecule has 0 aliphatic heterocycles. The molecule has 23 heavy (non-hydrogen) atoms. The second-order valence-corrected chi connectivity index (χ2v) is 5.81. The molecule has 1 aromatic heterocycles. The first-order valence-corrected chi connectivity index (χ1v) is 7.61. The summed E-state index contributed by atoms with van der Waals surface area (Å²) in [5.41, 5.74) is 3.64. The maximum absolute atomic E-state index is 12.3. The van der Waals surface area contributed by atoms with Crippen molar-refractivity contribution < 1.29 is 14.7 Å². The highest BCUT2D eigenvalue weighted by Gasteiger charge is 2.18. The number of hydrogen-bond acceptors (Lipinski definition) is 2. The zero-order valence-corrected chi connectivity index (χ0v) is 13.7. The topological polar surface area (TPSA) is 71.3 Å². The van der Waals surface area contributed by atoms with Crippen LogP contribution in [0.2, 0.25) is 0 Å². The first-order valence-electron chi connectivity index (χ1n) is 7.61. The average Bonchev–Trinajstić information content (AvgIpc) is 2.81. The number of nitrogens with one attached hydrogen (secondary N) is 1. The second kappa shape index (κ2) is 7.13. The molecule has 1 unspecified atom stereocenters. The number of aromatic nitrogens is 1. The van der Waals surface area contributed by atoms with E-state index in [4.69, 9.17) is 5.11 Å². The molecule has 1 heterocycles. The monoisotopic (exact) mass is 314 g/mol. The number of carboxylic acid groups (broad SMARTS) is 1. The molecule has 0 radical (unpaired) electrons. The van der Waals surface area contributed by atoms with Gasteiger partial charge in [0.05, 0.1) is 11.5 Å².